The summed E-state index contributed by atoms with van der Waals surface area (Å²) < 4.78 is 0. The molecule has 2 atom stereocenters. The molecule has 1 aromatic rings. The second-order valence-electron chi connectivity index (χ2n) is 8.41. The van der Waals surface area contributed by atoms with E-state index in [-0.39, 0.29) is 0 Å². The minimum atomic E-state index is -0.444. The van der Waals surface area contributed by atoms with Crippen LogP contribution in [0.2, 0.25) is 0 Å². The Balaban J connectivity index is 1.51. The highest BCUT2D eigenvalue weighted by Crippen LogP contribution is 2.19. The average Bonchev–Trinajstić information content (AvgIpc) is 3.18. The van der Waals surface area contributed by atoms with Crippen molar-refractivity contribution in [3.05, 3.63) is 35.4 Å². The molecular weight excluding hydrogens is 362 g/mol. The monoisotopic (exact) mass is 401 g/mol. The fourth-order valence-electron chi connectivity index (χ4n) is 4.65. The highest BCUT2D eigenvalue weighted by atomic mass is 16.3. The third kappa shape index (κ3) is 6.17. The Kier molecular flexibility index (Phi) is 8.33. The van der Waals surface area contributed by atoms with Crippen LogP contribution in [0.15, 0.2) is 29.3 Å². The van der Waals surface area contributed by atoms with Crippen molar-refractivity contribution < 1.29 is 5.11 Å². The van der Waals surface area contributed by atoms with Crippen molar-refractivity contribution >= 4 is 5.96 Å². The second kappa shape index (κ2) is 11.0. The topological polar surface area (TPSA) is 54.3 Å². The van der Waals surface area contributed by atoms with Crippen LogP contribution < -0.4 is 5.32 Å². The van der Waals surface area contributed by atoms with Gasteiger partial charge in [-0.1, -0.05) is 31.2 Å². The summed E-state index contributed by atoms with van der Waals surface area (Å²) in [6, 6.07) is 9.24. The van der Waals surface area contributed by atoms with Gasteiger partial charge in [0.25, 0.3) is 0 Å². The quantitative estimate of drug-likeness (QED) is 0.514. The van der Waals surface area contributed by atoms with Crippen LogP contribution in [0.25, 0.3) is 0 Å². The van der Waals surface area contributed by atoms with Crippen LogP contribution in [0, 0.1) is 0 Å². The fourth-order valence-corrected chi connectivity index (χ4v) is 4.65. The number of aliphatic hydroxyl groups is 1. The van der Waals surface area contributed by atoms with E-state index in [1.807, 2.05) is 0 Å². The molecule has 6 nitrogen and oxygen atoms in total. The Bertz CT molecular complexity index is 664. The van der Waals surface area contributed by atoms with Crippen LogP contribution in [0.4, 0.5) is 0 Å². The lowest BCUT2D eigenvalue weighted by Gasteiger charge is -2.31. The van der Waals surface area contributed by atoms with Gasteiger partial charge in [-0.2, -0.15) is 0 Å². The van der Waals surface area contributed by atoms with Crippen molar-refractivity contribution in [2.24, 2.45) is 4.99 Å². The van der Waals surface area contributed by atoms with Gasteiger partial charge in [-0.05, 0) is 50.4 Å². The van der Waals surface area contributed by atoms with E-state index in [0.717, 1.165) is 45.1 Å². The maximum atomic E-state index is 10.6. The van der Waals surface area contributed by atoms with Crippen LogP contribution in [0.1, 0.15) is 37.8 Å². The minimum Gasteiger partial charge on any atom is -0.390 e. The van der Waals surface area contributed by atoms with E-state index in [4.69, 9.17) is 4.99 Å². The van der Waals surface area contributed by atoms with Gasteiger partial charge in [-0.15, -0.1) is 0 Å². The largest absolute Gasteiger partial charge is 0.390 e. The number of likely N-dealkylation sites (tertiary alicyclic amines) is 1. The highest BCUT2D eigenvalue weighted by Gasteiger charge is 2.25. The predicted octanol–water partition coefficient (Wildman–Crippen LogP) is 1.79. The molecule has 2 aliphatic heterocycles. The summed E-state index contributed by atoms with van der Waals surface area (Å²) in [5.41, 5.74) is 2.83. The summed E-state index contributed by atoms with van der Waals surface area (Å²) in [6.07, 6.45) is 3.17. The van der Waals surface area contributed by atoms with Crippen molar-refractivity contribution in [1.29, 1.82) is 0 Å². The molecule has 1 saturated heterocycles. The van der Waals surface area contributed by atoms with E-state index in [2.05, 4.69) is 65.2 Å². The van der Waals surface area contributed by atoms with E-state index >= 15 is 0 Å². The minimum absolute atomic E-state index is 0.437. The fraction of sp³-hybridized carbons (Fsp3) is 0.696. The summed E-state index contributed by atoms with van der Waals surface area (Å²) >= 11 is 0. The number of benzene rings is 1. The van der Waals surface area contributed by atoms with Crippen LogP contribution in [-0.4, -0.2) is 90.8 Å². The number of aliphatic imine (C=N–C) groups is 1. The van der Waals surface area contributed by atoms with Gasteiger partial charge in [0.2, 0.25) is 0 Å². The molecule has 2 unspecified atom stereocenters. The molecule has 2 heterocycles. The number of aliphatic hydroxyl groups excluding tert-OH is 1. The van der Waals surface area contributed by atoms with E-state index in [0.29, 0.717) is 19.1 Å². The molecule has 0 aliphatic carbocycles. The standard InChI is InChI=1S/C23H39N5O/c1-4-24-23(26(3)17-21-11-8-13-28(21)5-2)25-15-22(29)18-27-14-12-19-9-6-7-10-20(19)16-27/h6-7,9-10,21-22,29H,4-5,8,11-18H2,1-3H3,(H,24,25). The summed E-state index contributed by atoms with van der Waals surface area (Å²) in [4.78, 5) is 11.9. The van der Waals surface area contributed by atoms with Crippen LogP contribution in [0.5, 0.6) is 0 Å². The van der Waals surface area contributed by atoms with Crippen molar-refractivity contribution in [3.8, 4) is 0 Å². The molecule has 0 amide bonds. The van der Waals surface area contributed by atoms with Gasteiger partial charge in [0.05, 0.1) is 12.6 Å². The molecule has 2 N–H and O–H groups in total. The maximum absolute atomic E-state index is 10.6. The number of likely N-dealkylation sites (N-methyl/N-ethyl adjacent to an activating group) is 2. The maximum Gasteiger partial charge on any atom is 0.193 e. The van der Waals surface area contributed by atoms with Crippen molar-refractivity contribution in [1.82, 2.24) is 20.0 Å². The molecular formula is C23H39N5O. The number of hydrogen-bond donors (Lipinski definition) is 2. The smallest absolute Gasteiger partial charge is 0.193 e. The lowest BCUT2D eigenvalue weighted by Crippen LogP contribution is -2.46. The molecule has 0 radical (unpaired) electrons. The van der Waals surface area contributed by atoms with E-state index in [9.17, 15) is 5.11 Å². The van der Waals surface area contributed by atoms with Gasteiger partial charge in [0, 0.05) is 45.8 Å². The van der Waals surface area contributed by atoms with E-state index < -0.39 is 6.10 Å². The third-order valence-electron chi connectivity index (χ3n) is 6.22. The van der Waals surface area contributed by atoms with Gasteiger partial charge < -0.3 is 15.3 Å². The molecule has 0 spiro atoms. The van der Waals surface area contributed by atoms with Gasteiger partial charge in [-0.3, -0.25) is 14.8 Å². The number of rotatable bonds is 8. The zero-order valence-electron chi connectivity index (χ0n) is 18.5. The van der Waals surface area contributed by atoms with Gasteiger partial charge >= 0.3 is 0 Å². The summed E-state index contributed by atoms with van der Waals surface area (Å²) in [5.74, 6) is 0.901. The highest BCUT2D eigenvalue weighted by molar-refractivity contribution is 5.79. The van der Waals surface area contributed by atoms with Crippen molar-refractivity contribution in [2.75, 3.05) is 52.9 Å². The Morgan fingerprint density at radius 2 is 2.07 bits per heavy atom. The lowest BCUT2D eigenvalue weighted by atomic mass is 10.00. The molecule has 1 aromatic carbocycles. The first-order valence-corrected chi connectivity index (χ1v) is 11.3. The van der Waals surface area contributed by atoms with Gasteiger partial charge in [-0.25, -0.2) is 0 Å². The van der Waals surface area contributed by atoms with Gasteiger partial charge in [0.15, 0.2) is 5.96 Å². The summed E-state index contributed by atoms with van der Waals surface area (Å²) in [6.45, 7) is 11.5. The Morgan fingerprint density at radius 3 is 2.83 bits per heavy atom. The van der Waals surface area contributed by atoms with Crippen LogP contribution >= 0.6 is 0 Å². The Hall–Kier alpha value is -1.63. The molecule has 0 aromatic heterocycles. The number of guanidine groups is 1. The van der Waals surface area contributed by atoms with Crippen LogP contribution in [-0.2, 0) is 13.0 Å². The molecule has 162 valence electrons. The molecule has 0 saturated carbocycles. The van der Waals surface area contributed by atoms with Gasteiger partial charge in [0.1, 0.15) is 0 Å². The van der Waals surface area contributed by atoms with Crippen molar-refractivity contribution in [2.45, 2.75) is 51.8 Å². The number of nitrogens with one attached hydrogen (secondary N) is 1. The van der Waals surface area contributed by atoms with Crippen molar-refractivity contribution in [3.63, 3.8) is 0 Å². The number of hydrogen-bond acceptors (Lipinski definition) is 4. The second-order valence-corrected chi connectivity index (χ2v) is 8.41. The normalized spacial score (nSPS) is 21.8. The Labute approximate surface area is 176 Å². The molecule has 1 fully saturated rings. The zero-order chi connectivity index (χ0) is 20.6. The first-order valence-electron chi connectivity index (χ1n) is 11.3. The lowest BCUT2D eigenvalue weighted by molar-refractivity contribution is 0.111. The molecule has 3 rings (SSSR count). The molecule has 29 heavy (non-hydrogen) atoms. The van der Waals surface area contributed by atoms with Crippen LogP contribution in [0.3, 0.4) is 0 Å². The SMILES string of the molecule is CCNC(=NCC(O)CN1CCc2ccccc2C1)N(C)CC1CCCN1CC. The first kappa shape index (κ1) is 22.1. The van der Waals surface area contributed by atoms with E-state index in [1.54, 1.807) is 0 Å². The molecule has 0 bridgehead atoms. The summed E-state index contributed by atoms with van der Waals surface area (Å²) in [5, 5.41) is 14.0. The summed E-state index contributed by atoms with van der Waals surface area (Å²) in [7, 11) is 2.11. The molecule has 6 heteroatoms. The number of fused-ring (bicyclic) bond motifs is 1. The molecule has 2 aliphatic rings. The first-order chi connectivity index (χ1) is 14.1. The predicted molar refractivity (Wildman–Crippen MR) is 120 cm³/mol. The third-order valence-corrected chi connectivity index (χ3v) is 6.22. The Morgan fingerprint density at radius 1 is 1.28 bits per heavy atom. The number of nitrogens with zero attached hydrogens (tertiary/aromatic N) is 4. The average molecular weight is 402 g/mol. The zero-order valence-corrected chi connectivity index (χ0v) is 18.5. The van der Waals surface area contributed by atoms with E-state index in [1.165, 1.54) is 30.5 Å². The number of β-amino-alcohol motifs (C(OH)–C–C–N with tert-alkyl or cyclic N) is 1.